The second-order valence-corrected chi connectivity index (χ2v) is 7.62. The van der Waals surface area contributed by atoms with Gasteiger partial charge in [-0.3, -0.25) is 4.72 Å². The number of aryl methyl sites for hydroxylation is 1. The molecule has 0 atom stereocenters. The fourth-order valence-corrected chi connectivity index (χ4v) is 2.31. The lowest BCUT2D eigenvalue weighted by atomic mass is 9.86. The number of benzene rings is 1. The summed E-state index contributed by atoms with van der Waals surface area (Å²) in [5.74, 6) is 0. The SMILES string of the molecule is Cc1cc(SNC(C)(C)C)cc(C(C)(C)C)c1. The van der Waals surface area contributed by atoms with Gasteiger partial charge >= 0.3 is 0 Å². The molecule has 17 heavy (non-hydrogen) atoms. The summed E-state index contributed by atoms with van der Waals surface area (Å²) >= 11 is 1.72. The van der Waals surface area contributed by atoms with E-state index in [9.17, 15) is 0 Å². The number of hydrogen-bond donors (Lipinski definition) is 1. The first-order chi connectivity index (χ1) is 7.58. The first kappa shape index (κ1) is 14.6. The first-order valence-electron chi connectivity index (χ1n) is 6.14. The molecule has 0 aromatic heterocycles. The van der Waals surface area contributed by atoms with Gasteiger partial charge in [-0.15, -0.1) is 0 Å². The second-order valence-electron chi connectivity index (χ2n) is 6.74. The molecule has 0 radical (unpaired) electrons. The van der Waals surface area contributed by atoms with Crippen LogP contribution in [0.1, 0.15) is 52.7 Å². The molecule has 0 aliphatic rings. The fraction of sp³-hybridized carbons (Fsp3) is 0.600. The molecule has 0 bridgehead atoms. The monoisotopic (exact) mass is 251 g/mol. The fourth-order valence-electron chi connectivity index (χ4n) is 1.45. The summed E-state index contributed by atoms with van der Waals surface area (Å²) in [6.45, 7) is 15.5. The van der Waals surface area contributed by atoms with Crippen LogP contribution in [0.15, 0.2) is 23.1 Å². The molecule has 0 saturated heterocycles. The third-order valence-corrected chi connectivity index (χ3v) is 3.58. The molecule has 1 aromatic rings. The maximum Gasteiger partial charge on any atom is 0.0233 e. The molecule has 96 valence electrons. The van der Waals surface area contributed by atoms with Gasteiger partial charge in [-0.1, -0.05) is 26.8 Å². The lowest BCUT2D eigenvalue weighted by molar-refractivity contribution is 0.535. The van der Waals surface area contributed by atoms with Crippen molar-refractivity contribution < 1.29 is 0 Å². The predicted octanol–water partition coefficient (Wildman–Crippen LogP) is 4.69. The Hall–Kier alpha value is -0.470. The van der Waals surface area contributed by atoms with Crippen molar-refractivity contribution in [2.24, 2.45) is 0 Å². The summed E-state index contributed by atoms with van der Waals surface area (Å²) in [5.41, 5.74) is 3.07. The van der Waals surface area contributed by atoms with Crippen molar-refractivity contribution >= 4 is 11.9 Å². The third-order valence-electron chi connectivity index (χ3n) is 2.39. The summed E-state index contributed by atoms with van der Waals surface area (Å²) in [7, 11) is 0. The maximum absolute atomic E-state index is 3.46. The molecule has 1 N–H and O–H groups in total. The zero-order valence-electron chi connectivity index (χ0n) is 12.1. The van der Waals surface area contributed by atoms with E-state index >= 15 is 0 Å². The van der Waals surface area contributed by atoms with Crippen molar-refractivity contribution in [3.8, 4) is 0 Å². The van der Waals surface area contributed by atoms with Gasteiger partial charge in [0.25, 0.3) is 0 Å². The molecule has 0 unspecified atom stereocenters. The minimum Gasteiger partial charge on any atom is -0.255 e. The Kier molecular flexibility index (Phi) is 4.32. The topological polar surface area (TPSA) is 12.0 Å². The summed E-state index contributed by atoms with van der Waals surface area (Å²) in [4.78, 5) is 1.30. The molecular weight excluding hydrogens is 226 g/mol. The normalized spacial score (nSPS) is 12.9. The molecule has 0 amide bonds. The summed E-state index contributed by atoms with van der Waals surface area (Å²) < 4.78 is 3.46. The molecule has 0 spiro atoms. The minimum absolute atomic E-state index is 0.135. The molecule has 1 aromatic carbocycles. The summed E-state index contributed by atoms with van der Waals surface area (Å²) in [5, 5.41) is 0. The van der Waals surface area contributed by atoms with Crippen molar-refractivity contribution in [2.45, 2.75) is 64.3 Å². The average molecular weight is 251 g/mol. The van der Waals surface area contributed by atoms with Crippen LogP contribution in [0.5, 0.6) is 0 Å². The van der Waals surface area contributed by atoms with Crippen LogP contribution < -0.4 is 4.72 Å². The van der Waals surface area contributed by atoms with E-state index < -0.39 is 0 Å². The van der Waals surface area contributed by atoms with Crippen LogP contribution in [0, 0.1) is 6.92 Å². The summed E-state index contributed by atoms with van der Waals surface area (Å²) in [6, 6.07) is 6.80. The molecule has 0 heterocycles. The smallest absolute Gasteiger partial charge is 0.0233 e. The van der Waals surface area contributed by atoms with Gasteiger partial charge in [-0.25, -0.2) is 0 Å². The van der Waals surface area contributed by atoms with Crippen molar-refractivity contribution in [3.63, 3.8) is 0 Å². The number of nitrogens with one attached hydrogen (secondary N) is 1. The van der Waals surface area contributed by atoms with Gasteiger partial charge in [0.15, 0.2) is 0 Å². The highest BCUT2D eigenvalue weighted by atomic mass is 32.2. The molecule has 0 saturated carbocycles. The Labute approximate surface area is 111 Å². The van der Waals surface area contributed by atoms with E-state index in [1.165, 1.54) is 16.0 Å². The van der Waals surface area contributed by atoms with Crippen LogP contribution in [-0.2, 0) is 5.41 Å². The van der Waals surface area contributed by atoms with Gasteiger partial charge < -0.3 is 0 Å². The van der Waals surface area contributed by atoms with Crippen LogP contribution in [0.2, 0.25) is 0 Å². The third kappa shape index (κ3) is 5.13. The zero-order valence-corrected chi connectivity index (χ0v) is 13.0. The van der Waals surface area contributed by atoms with Crippen molar-refractivity contribution in [1.29, 1.82) is 0 Å². The highest BCUT2D eigenvalue weighted by molar-refractivity contribution is 7.97. The second kappa shape index (κ2) is 5.03. The van der Waals surface area contributed by atoms with Crippen molar-refractivity contribution in [2.75, 3.05) is 0 Å². The van der Waals surface area contributed by atoms with Crippen LogP contribution in [0.25, 0.3) is 0 Å². The first-order valence-corrected chi connectivity index (χ1v) is 6.96. The van der Waals surface area contributed by atoms with E-state index in [4.69, 9.17) is 0 Å². The molecule has 1 rings (SSSR count). The highest BCUT2D eigenvalue weighted by Crippen LogP contribution is 2.28. The van der Waals surface area contributed by atoms with Crippen molar-refractivity contribution in [1.82, 2.24) is 4.72 Å². The van der Waals surface area contributed by atoms with E-state index in [1.807, 2.05) is 0 Å². The van der Waals surface area contributed by atoms with E-state index in [-0.39, 0.29) is 11.0 Å². The summed E-state index contributed by atoms with van der Waals surface area (Å²) in [6.07, 6.45) is 0. The standard InChI is InChI=1S/C15H25NS/c1-11-8-12(14(2,3)4)10-13(9-11)17-16-15(5,6)7/h8-10,16H,1-7H3. The molecule has 2 heteroatoms. The Morgan fingerprint density at radius 2 is 1.53 bits per heavy atom. The Morgan fingerprint density at radius 1 is 0.941 bits per heavy atom. The molecule has 0 aliphatic heterocycles. The van der Waals surface area contributed by atoms with E-state index in [0.717, 1.165) is 0 Å². The largest absolute Gasteiger partial charge is 0.255 e. The molecule has 0 aliphatic carbocycles. The van der Waals surface area contributed by atoms with Crippen LogP contribution in [0.4, 0.5) is 0 Å². The van der Waals surface area contributed by atoms with Crippen LogP contribution in [0.3, 0.4) is 0 Å². The lowest BCUT2D eigenvalue weighted by Crippen LogP contribution is -2.29. The highest BCUT2D eigenvalue weighted by Gasteiger charge is 2.15. The zero-order chi connectivity index (χ0) is 13.3. The Balaban J connectivity index is 2.91. The van der Waals surface area contributed by atoms with Crippen LogP contribution >= 0.6 is 11.9 Å². The number of rotatable bonds is 2. The Bertz CT molecular complexity index is 383. The van der Waals surface area contributed by atoms with E-state index in [2.05, 4.69) is 71.4 Å². The molecule has 1 nitrogen and oxygen atoms in total. The van der Waals surface area contributed by atoms with E-state index in [0.29, 0.717) is 0 Å². The quantitative estimate of drug-likeness (QED) is 0.765. The van der Waals surface area contributed by atoms with Gasteiger partial charge in [-0.05, 0) is 68.3 Å². The minimum atomic E-state index is 0.135. The van der Waals surface area contributed by atoms with Crippen molar-refractivity contribution in [3.05, 3.63) is 29.3 Å². The maximum atomic E-state index is 3.46. The van der Waals surface area contributed by atoms with Crippen LogP contribution in [-0.4, -0.2) is 5.54 Å². The average Bonchev–Trinajstić information content (AvgIpc) is 2.11. The van der Waals surface area contributed by atoms with Gasteiger partial charge in [0.05, 0.1) is 0 Å². The molecular formula is C15H25NS. The van der Waals surface area contributed by atoms with Gasteiger partial charge in [0.2, 0.25) is 0 Å². The van der Waals surface area contributed by atoms with Gasteiger partial charge in [0.1, 0.15) is 0 Å². The Morgan fingerprint density at radius 3 is 2.00 bits per heavy atom. The van der Waals surface area contributed by atoms with Gasteiger partial charge in [-0.2, -0.15) is 0 Å². The molecule has 0 fully saturated rings. The number of hydrogen-bond acceptors (Lipinski definition) is 2. The van der Waals surface area contributed by atoms with Gasteiger partial charge in [0, 0.05) is 10.4 Å². The van der Waals surface area contributed by atoms with E-state index in [1.54, 1.807) is 11.9 Å². The lowest BCUT2D eigenvalue weighted by Gasteiger charge is -2.23. The predicted molar refractivity (Wildman–Crippen MR) is 78.6 cm³/mol.